The zero-order valence-electron chi connectivity index (χ0n) is 10.2. The van der Waals surface area contributed by atoms with Gasteiger partial charge in [0.2, 0.25) is 5.91 Å². The Morgan fingerprint density at radius 1 is 1.45 bits per heavy atom. The minimum Gasteiger partial charge on any atom is -0.627 e. The Hall–Kier alpha value is -1.75. The third-order valence-corrected chi connectivity index (χ3v) is 2.27. The number of imidazole rings is 1. The van der Waals surface area contributed by atoms with E-state index in [1.165, 1.54) is 24.8 Å². The van der Waals surface area contributed by atoms with Crippen molar-refractivity contribution in [1.82, 2.24) is 14.9 Å². The van der Waals surface area contributed by atoms with E-state index in [2.05, 4.69) is 4.98 Å². The standard InChI is InChI=1S/C9H11F5N4O2/c1-17(20)7-15-2-3-18(7)4-6(19)16-5-8(10,11)9(12,13)14/h2-3,17H,4-5H2,1H3,(H,16,19). The summed E-state index contributed by atoms with van der Waals surface area (Å²) in [4.78, 5) is 14.9. The second kappa shape index (κ2) is 5.71. The van der Waals surface area contributed by atoms with E-state index in [-0.39, 0.29) is 5.95 Å². The van der Waals surface area contributed by atoms with Gasteiger partial charge < -0.3 is 15.6 Å². The molecule has 0 bridgehead atoms. The van der Waals surface area contributed by atoms with Crippen molar-refractivity contribution >= 4 is 11.9 Å². The molecule has 0 saturated carbocycles. The number of hydrogen-bond donors (Lipinski definition) is 2. The van der Waals surface area contributed by atoms with E-state index >= 15 is 0 Å². The SMILES string of the molecule is C[NH+]([O-])c1nccn1CC(=O)NCC(F)(F)C(F)(F)F. The highest BCUT2D eigenvalue weighted by atomic mass is 19.4. The summed E-state index contributed by atoms with van der Waals surface area (Å²) < 4.78 is 61.8. The van der Waals surface area contributed by atoms with Crippen LogP contribution in [0.2, 0.25) is 0 Å². The van der Waals surface area contributed by atoms with Crippen molar-refractivity contribution in [2.45, 2.75) is 18.6 Å². The van der Waals surface area contributed by atoms with E-state index in [1.807, 2.05) is 0 Å². The van der Waals surface area contributed by atoms with E-state index in [0.29, 0.717) is 0 Å². The topological polar surface area (TPSA) is 74.4 Å². The molecule has 1 aromatic rings. The van der Waals surface area contributed by atoms with Crippen molar-refractivity contribution in [1.29, 1.82) is 0 Å². The first-order valence-electron chi connectivity index (χ1n) is 5.28. The maximum Gasteiger partial charge on any atom is 0.455 e. The van der Waals surface area contributed by atoms with E-state index in [9.17, 15) is 32.0 Å². The van der Waals surface area contributed by atoms with Crippen molar-refractivity contribution in [3.05, 3.63) is 17.6 Å². The Morgan fingerprint density at radius 2 is 2.05 bits per heavy atom. The van der Waals surface area contributed by atoms with Crippen LogP contribution in [0.25, 0.3) is 0 Å². The van der Waals surface area contributed by atoms with Crippen LogP contribution in [0.3, 0.4) is 0 Å². The first-order valence-corrected chi connectivity index (χ1v) is 5.28. The van der Waals surface area contributed by atoms with Crippen LogP contribution in [0.1, 0.15) is 0 Å². The highest BCUT2D eigenvalue weighted by Gasteiger charge is 2.57. The van der Waals surface area contributed by atoms with E-state index < -0.39 is 36.2 Å². The molecule has 0 fully saturated rings. The lowest BCUT2D eigenvalue weighted by Crippen LogP contribution is -2.99. The van der Waals surface area contributed by atoms with Gasteiger partial charge in [-0.05, 0) is 0 Å². The molecule has 0 radical (unpaired) electrons. The van der Waals surface area contributed by atoms with Crippen LogP contribution in [0.4, 0.5) is 27.9 Å². The molecule has 0 spiro atoms. The Bertz CT molecular complexity index is 471. The molecule has 0 aliphatic carbocycles. The number of carbonyl (C=O) groups excluding carboxylic acids is 1. The van der Waals surface area contributed by atoms with E-state index in [0.717, 1.165) is 4.57 Å². The van der Waals surface area contributed by atoms with Crippen LogP contribution in [0.15, 0.2) is 12.4 Å². The average Bonchev–Trinajstić information content (AvgIpc) is 2.73. The highest BCUT2D eigenvalue weighted by Crippen LogP contribution is 2.34. The summed E-state index contributed by atoms with van der Waals surface area (Å²) in [5.41, 5.74) is 0. The Labute approximate surface area is 109 Å². The third-order valence-electron chi connectivity index (χ3n) is 2.27. The molecule has 114 valence electrons. The van der Waals surface area contributed by atoms with Crippen molar-refractivity contribution < 1.29 is 31.8 Å². The molecule has 0 aliphatic rings. The zero-order valence-corrected chi connectivity index (χ0v) is 10.2. The van der Waals surface area contributed by atoms with Gasteiger partial charge >= 0.3 is 18.0 Å². The van der Waals surface area contributed by atoms with Gasteiger partial charge in [0, 0.05) is 6.20 Å². The molecule has 1 aromatic heterocycles. The van der Waals surface area contributed by atoms with Gasteiger partial charge in [-0.3, -0.25) is 9.36 Å². The number of amides is 1. The molecule has 1 amide bonds. The van der Waals surface area contributed by atoms with Crippen molar-refractivity contribution in [2.75, 3.05) is 13.6 Å². The molecule has 20 heavy (non-hydrogen) atoms. The maximum atomic E-state index is 12.6. The molecule has 1 unspecified atom stereocenters. The van der Waals surface area contributed by atoms with Crippen LogP contribution in [0, 0.1) is 5.21 Å². The molecular formula is C9H11F5N4O2. The number of halogens is 5. The van der Waals surface area contributed by atoms with Gasteiger partial charge in [0.25, 0.3) is 0 Å². The molecule has 0 saturated heterocycles. The largest absolute Gasteiger partial charge is 0.627 e. The number of nitrogens with one attached hydrogen (secondary N) is 2. The average molecular weight is 302 g/mol. The monoisotopic (exact) mass is 302 g/mol. The van der Waals surface area contributed by atoms with Gasteiger partial charge in [0.05, 0.1) is 19.8 Å². The zero-order chi connectivity index (χ0) is 15.6. The van der Waals surface area contributed by atoms with Crippen molar-refractivity contribution in [2.24, 2.45) is 0 Å². The second-order valence-electron chi connectivity index (χ2n) is 3.91. The van der Waals surface area contributed by atoms with Crippen LogP contribution >= 0.6 is 0 Å². The Morgan fingerprint density at radius 3 is 2.55 bits per heavy atom. The van der Waals surface area contributed by atoms with Gasteiger partial charge in [-0.15, -0.1) is 0 Å². The van der Waals surface area contributed by atoms with Gasteiger partial charge in [-0.1, -0.05) is 0 Å². The van der Waals surface area contributed by atoms with Crippen LogP contribution in [-0.4, -0.2) is 41.1 Å². The summed E-state index contributed by atoms with van der Waals surface area (Å²) in [7, 11) is 1.18. The maximum absolute atomic E-state index is 12.6. The summed E-state index contributed by atoms with van der Waals surface area (Å²) >= 11 is 0. The van der Waals surface area contributed by atoms with Gasteiger partial charge in [-0.2, -0.15) is 26.9 Å². The predicted molar refractivity (Wildman–Crippen MR) is 56.2 cm³/mol. The molecule has 1 rings (SSSR count). The summed E-state index contributed by atoms with van der Waals surface area (Å²) in [5.74, 6) is -6.20. The van der Waals surface area contributed by atoms with Crippen LogP contribution < -0.4 is 10.4 Å². The fraction of sp³-hybridized carbons (Fsp3) is 0.556. The summed E-state index contributed by atoms with van der Waals surface area (Å²) in [5, 5.41) is 12.1. The molecule has 0 aliphatic heterocycles. The number of quaternary nitrogens is 1. The smallest absolute Gasteiger partial charge is 0.455 e. The Balaban J connectivity index is 2.59. The first-order chi connectivity index (χ1) is 9.04. The number of alkyl halides is 5. The summed E-state index contributed by atoms with van der Waals surface area (Å²) in [6, 6.07) is 0. The first kappa shape index (κ1) is 16.3. The normalized spacial score (nSPS) is 14.2. The van der Waals surface area contributed by atoms with E-state index in [1.54, 1.807) is 0 Å². The molecule has 0 aromatic carbocycles. The van der Waals surface area contributed by atoms with Crippen LogP contribution in [-0.2, 0) is 11.3 Å². The number of aromatic nitrogens is 2. The molecule has 1 atom stereocenters. The predicted octanol–water partition coefficient (Wildman–Crippen LogP) is -0.159. The molecule has 1 heterocycles. The Kier molecular flexibility index (Phi) is 4.65. The van der Waals surface area contributed by atoms with E-state index in [4.69, 9.17) is 0 Å². The number of carbonyl (C=O) groups is 1. The minimum atomic E-state index is -5.74. The van der Waals surface area contributed by atoms with Gasteiger partial charge in [0.1, 0.15) is 6.54 Å². The number of rotatable bonds is 5. The fourth-order valence-corrected chi connectivity index (χ4v) is 1.27. The van der Waals surface area contributed by atoms with Crippen molar-refractivity contribution in [3.8, 4) is 0 Å². The van der Waals surface area contributed by atoms with Crippen LogP contribution in [0.5, 0.6) is 0 Å². The number of hydroxylamine groups is 1. The lowest BCUT2D eigenvalue weighted by Gasteiger charge is -2.20. The quantitative estimate of drug-likeness (QED) is 0.586. The second-order valence-corrected chi connectivity index (χ2v) is 3.91. The summed E-state index contributed by atoms with van der Waals surface area (Å²) in [6.45, 7) is -2.44. The van der Waals surface area contributed by atoms with Gasteiger partial charge in [-0.25, -0.2) is 0 Å². The lowest BCUT2D eigenvalue weighted by atomic mass is 10.3. The molecule has 6 nitrogen and oxygen atoms in total. The minimum absolute atomic E-state index is 0.0947. The van der Waals surface area contributed by atoms with Gasteiger partial charge in [0.15, 0.2) is 0 Å². The number of hydrogen-bond acceptors (Lipinski definition) is 3. The van der Waals surface area contributed by atoms with Crippen molar-refractivity contribution in [3.63, 3.8) is 0 Å². The number of nitrogens with zero attached hydrogens (tertiary/aromatic N) is 2. The highest BCUT2D eigenvalue weighted by molar-refractivity contribution is 5.76. The molecule has 2 N–H and O–H groups in total. The molecule has 11 heteroatoms. The molecular weight excluding hydrogens is 291 g/mol. The fourth-order valence-electron chi connectivity index (χ4n) is 1.27. The lowest BCUT2D eigenvalue weighted by molar-refractivity contribution is -0.758. The third kappa shape index (κ3) is 3.87. The summed E-state index contributed by atoms with van der Waals surface area (Å²) in [6.07, 6.45) is -3.30.